The predicted molar refractivity (Wildman–Crippen MR) is 74.4 cm³/mol. The molecule has 0 saturated carbocycles. The van der Waals surface area contributed by atoms with Crippen LogP contribution in [0.2, 0.25) is 0 Å². The molecule has 4 heteroatoms. The molecule has 0 N–H and O–H groups in total. The van der Waals surface area contributed by atoms with E-state index in [0.717, 1.165) is 5.56 Å². The van der Waals surface area contributed by atoms with Crippen molar-refractivity contribution in [3.05, 3.63) is 65.0 Å². The molecule has 0 bridgehead atoms. The number of rotatable bonds is 3. The van der Waals surface area contributed by atoms with Crippen LogP contribution in [0.1, 0.15) is 16.7 Å². The molecule has 0 amide bonds. The topological polar surface area (TPSA) is 50.8 Å². The third-order valence-electron chi connectivity index (χ3n) is 2.97. The fourth-order valence-electron chi connectivity index (χ4n) is 2.03. The Morgan fingerprint density at radius 2 is 1.90 bits per heavy atom. The number of halogens is 1. The highest BCUT2D eigenvalue weighted by atomic mass is 19.1. The van der Waals surface area contributed by atoms with Gasteiger partial charge in [-0.1, -0.05) is 12.1 Å². The van der Waals surface area contributed by atoms with Crippen molar-refractivity contribution in [3.8, 4) is 12.1 Å². The van der Waals surface area contributed by atoms with Gasteiger partial charge in [0, 0.05) is 13.6 Å². The molecule has 2 rings (SSSR count). The Balaban J connectivity index is 2.26. The second-order valence-electron chi connectivity index (χ2n) is 4.44. The zero-order valence-electron chi connectivity index (χ0n) is 11.0. The van der Waals surface area contributed by atoms with Gasteiger partial charge >= 0.3 is 0 Å². The van der Waals surface area contributed by atoms with Gasteiger partial charge in [-0.25, -0.2) is 4.39 Å². The summed E-state index contributed by atoms with van der Waals surface area (Å²) in [4.78, 5) is 1.86. The molecule has 2 aromatic rings. The summed E-state index contributed by atoms with van der Waals surface area (Å²) in [6, 6.07) is 15.5. The van der Waals surface area contributed by atoms with Gasteiger partial charge in [-0.2, -0.15) is 10.5 Å². The van der Waals surface area contributed by atoms with Gasteiger partial charge in [0.05, 0.1) is 22.9 Å². The fraction of sp³-hybridized carbons (Fsp3) is 0.125. The van der Waals surface area contributed by atoms with Crippen LogP contribution in [0, 0.1) is 28.5 Å². The second-order valence-corrected chi connectivity index (χ2v) is 4.44. The van der Waals surface area contributed by atoms with Crippen molar-refractivity contribution >= 4 is 5.69 Å². The van der Waals surface area contributed by atoms with Crippen LogP contribution in [-0.4, -0.2) is 7.05 Å². The van der Waals surface area contributed by atoms with E-state index in [1.807, 2.05) is 30.1 Å². The minimum Gasteiger partial charge on any atom is -0.369 e. The van der Waals surface area contributed by atoms with E-state index in [-0.39, 0.29) is 0 Å². The number of anilines is 1. The van der Waals surface area contributed by atoms with Crippen LogP contribution in [-0.2, 0) is 6.54 Å². The normalized spacial score (nSPS) is 9.60. The number of hydrogen-bond donors (Lipinski definition) is 0. The first-order valence-electron chi connectivity index (χ1n) is 6.04. The summed E-state index contributed by atoms with van der Waals surface area (Å²) in [5.41, 5.74) is 2.51. The summed E-state index contributed by atoms with van der Waals surface area (Å²) in [6.45, 7) is 0.538. The molecule has 20 heavy (non-hydrogen) atoms. The van der Waals surface area contributed by atoms with E-state index in [4.69, 9.17) is 10.5 Å². The first-order valence-corrected chi connectivity index (χ1v) is 6.04. The van der Waals surface area contributed by atoms with Gasteiger partial charge < -0.3 is 4.90 Å². The van der Waals surface area contributed by atoms with Crippen molar-refractivity contribution in [3.63, 3.8) is 0 Å². The Labute approximate surface area is 117 Å². The van der Waals surface area contributed by atoms with Crippen LogP contribution >= 0.6 is 0 Å². The smallest absolute Gasteiger partial charge is 0.124 e. The van der Waals surface area contributed by atoms with Crippen molar-refractivity contribution in [2.75, 3.05) is 11.9 Å². The largest absolute Gasteiger partial charge is 0.369 e. The molecule has 0 aliphatic heterocycles. The number of nitrogens with zero attached hydrogens (tertiary/aromatic N) is 3. The quantitative estimate of drug-likeness (QED) is 0.856. The Bertz CT molecular complexity index is 710. The molecular weight excluding hydrogens is 253 g/mol. The highest BCUT2D eigenvalue weighted by Crippen LogP contribution is 2.21. The third kappa shape index (κ3) is 2.93. The average molecular weight is 265 g/mol. The van der Waals surface area contributed by atoms with E-state index in [1.165, 1.54) is 12.1 Å². The molecule has 0 radical (unpaired) electrons. The maximum atomic E-state index is 13.1. The molecule has 98 valence electrons. The molecule has 0 heterocycles. The van der Waals surface area contributed by atoms with Crippen LogP contribution < -0.4 is 4.90 Å². The second kappa shape index (κ2) is 5.86. The van der Waals surface area contributed by atoms with E-state index < -0.39 is 5.82 Å². The molecule has 2 aromatic carbocycles. The maximum Gasteiger partial charge on any atom is 0.124 e. The lowest BCUT2D eigenvalue weighted by molar-refractivity contribution is 0.627. The molecule has 3 nitrogen and oxygen atoms in total. The van der Waals surface area contributed by atoms with Crippen LogP contribution in [0.4, 0.5) is 10.1 Å². The average Bonchev–Trinajstić information content (AvgIpc) is 2.47. The third-order valence-corrected chi connectivity index (χ3v) is 2.97. The molecule has 0 aliphatic carbocycles. The highest BCUT2D eigenvalue weighted by Gasteiger charge is 2.09. The lowest BCUT2D eigenvalue weighted by Gasteiger charge is -2.20. The molecular formula is C16H12FN3. The van der Waals surface area contributed by atoms with E-state index in [0.29, 0.717) is 23.4 Å². The van der Waals surface area contributed by atoms with Crippen molar-refractivity contribution in [1.29, 1.82) is 10.5 Å². The van der Waals surface area contributed by atoms with E-state index in [2.05, 4.69) is 6.07 Å². The van der Waals surface area contributed by atoms with Gasteiger partial charge in [-0.3, -0.25) is 0 Å². The monoisotopic (exact) mass is 265 g/mol. The number of nitriles is 2. The summed E-state index contributed by atoms with van der Waals surface area (Å²) in [6.07, 6.45) is 0. The zero-order valence-corrected chi connectivity index (χ0v) is 11.0. The number of benzene rings is 2. The molecule has 0 aromatic heterocycles. The van der Waals surface area contributed by atoms with Crippen LogP contribution in [0.3, 0.4) is 0 Å². The van der Waals surface area contributed by atoms with Crippen molar-refractivity contribution in [2.45, 2.75) is 6.54 Å². The summed E-state index contributed by atoms with van der Waals surface area (Å²) >= 11 is 0. The van der Waals surface area contributed by atoms with Gasteiger partial charge in [0.1, 0.15) is 11.9 Å². The predicted octanol–water partition coefficient (Wildman–Crippen LogP) is 3.21. The minimum absolute atomic E-state index is 0.295. The van der Waals surface area contributed by atoms with Gasteiger partial charge in [0.2, 0.25) is 0 Å². The molecule has 0 saturated heterocycles. The summed E-state index contributed by atoms with van der Waals surface area (Å²) < 4.78 is 13.1. The summed E-state index contributed by atoms with van der Waals surface area (Å²) in [7, 11) is 1.83. The lowest BCUT2D eigenvalue weighted by Crippen LogP contribution is -2.17. The molecule has 0 aliphatic rings. The minimum atomic E-state index is -0.426. The fourth-order valence-corrected chi connectivity index (χ4v) is 2.03. The summed E-state index contributed by atoms with van der Waals surface area (Å²) in [5, 5.41) is 17.9. The SMILES string of the molecule is CN(Cc1cccc(C#N)c1)c1ccc(F)cc1C#N. The van der Waals surface area contributed by atoms with Crippen LogP contribution in [0.25, 0.3) is 0 Å². The van der Waals surface area contributed by atoms with Gasteiger partial charge in [0.15, 0.2) is 0 Å². The Morgan fingerprint density at radius 1 is 1.10 bits per heavy atom. The molecule has 0 spiro atoms. The van der Waals surface area contributed by atoms with Gasteiger partial charge in [-0.15, -0.1) is 0 Å². The standard InChI is InChI=1S/C16H12FN3/c1-20(11-13-4-2-3-12(7-13)9-18)16-6-5-15(17)8-14(16)10-19/h2-8H,11H2,1H3. The van der Waals surface area contributed by atoms with Gasteiger partial charge in [0.25, 0.3) is 0 Å². The van der Waals surface area contributed by atoms with Crippen molar-refractivity contribution in [2.24, 2.45) is 0 Å². The first kappa shape index (κ1) is 13.6. The Kier molecular flexibility index (Phi) is 3.98. The highest BCUT2D eigenvalue weighted by molar-refractivity contribution is 5.59. The lowest BCUT2D eigenvalue weighted by atomic mass is 10.1. The molecule has 0 atom stereocenters. The Hall–Kier alpha value is -2.85. The molecule has 0 unspecified atom stereocenters. The van der Waals surface area contributed by atoms with E-state index >= 15 is 0 Å². The van der Waals surface area contributed by atoms with Crippen molar-refractivity contribution < 1.29 is 4.39 Å². The van der Waals surface area contributed by atoms with Crippen molar-refractivity contribution in [1.82, 2.24) is 0 Å². The van der Waals surface area contributed by atoms with Crippen LogP contribution in [0.15, 0.2) is 42.5 Å². The first-order chi connectivity index (χ1) is 9.63. The molecule has 0 fully saturated rings. The Morgan fingerprint density at radius 3 is 2.60 bits per heavy atom. The van der Waals surface area contributed by atoms with Gasteiger partial charge in [-0.05, 0) is 35.9 Å². The maximum absolute atomic E-state index is 13.1. The van der Waals surface area contributed by atoms with E-state index in [9.17, 15) is 4.39 Å². The van der Waals surface area contributed by atoms with E-state index in [1.54, 1.807) is 18.2 Å². The number of hydrogen-bond acceptors (Lipinski definition) is 3. The van der Waals surface area contributed by atoms with Crippen LogP contribution in [0.5, 0.6) is 0 Å². The zero-order chi connectivity index (χ0) is 14.5. The summed E-state index contributed by atoms with van der Waals surface area (Å²) in [5.74, 6) is -0.426.